The molecule has 1 aromatic heterocycles. The minimum absolute atomic E-state index is 0.271. The molecule has 2 aromatic carbocycles. The Hall–Kier alpha value is -2.75. The van der Waals surface area contributed by atoms with Crippen molar-refractivity contribution in [3.63, 3.8) is 0 Å². The normalized spacial score (nSPS) is 14.3. The van der Waals surface area contributed by atoms with Crippen LogP contribution in [0.3, 0.4) is 0 Å². The second-order valence-corrected chi connectivity index (χ2v) is 6.30. The van der Waals surface area contributed by atoms with E-state index in [1.807, 2.05) is 18.2 Å². The summed E-state index contributed by atoms with van der Waals surface area (Å²) in [6, 6.07) is 15.7. The zero-order valence-corrected chi connectivity index (χ0v) is 13.7. The second-order valence-electron chi connectivity index (χ2n) is 6.30. The summed E-state index contributed by atoms with van der Waals surface area (Å²) < 4.78 is 5.47. The molecule has 1 N–H and O–H groups in total. The highest BCUT2D eigenvalue weighted by Crippen LogP contribution is 2.27. The number of rotatable bonds is 1. The van der Waals surface area contributed by atoms with Gasteiger partial charge in [0.25, 0.3) is 0 Å². The third kappa shape index (κ3) is 2.75. The van der Waals surface area contributed by atoms with Crippen LogP contribution in [0.1, 0.15) is 16.8 Å². The number of carbonyl (C=O) groups is 1. The lowest BCUT2D eigenvalue weighted by Crippen LogP contribution is -2.35. The van der Waals surface area contributed by atoms with Crippen molar-refractivity contribution in [3.8, 4) is 5.75 Å². The summed E-state index contributed by atoms with van der Waals surface area (Å²) in [6.07, 6.45) is 1.40. The van der Waals surface area contributed by atoms with Gasteiger partial charge in [-0.25, -0.2) is 4.79 Å². The average Bonchev–Trinajstić information content (AvgIpc) is 2.79. The highest BCUT2D eigenvalue weighted by atomic mass is 16.6. The number of para-hydroxylation sites is 1. The number of amides is 1. The van der Waals surface area contributed by atoms with Crippen LogP contribution in [0, 0.1) is 6.92 Å². The summed E-state index contributed by atoms with van der Waals surface area (Å²) in [5.74, 6) is 0.589. The number of nitrogens with zero attached hydrogens (tertiary/aromatic N) is 1. The van der Waals surface area contributed by atoms with Gasteiger partial charge in [0.05, 0.1) is 0 Å². The first-order valence-corrected chi connectivity index (χ1v) is 8.32. The van der Waals surface area contributed by atoms with Crippen molar-refractivity contribution in [3.05, 3.63) is 65.4 Å². The van der Waals surface area contributed by atoms with Gasteiger partial charge in [-0.15, -0.1) is 0 Å². The van der Waals surface area contributed by atoms with E-state index in [1.54, 1.807) is 17.0 Å². The molecule has 4 nitrogen and oxygen atoms in total. The number of benzene rings is 2. The highest BCUT2D eigenvalue weighted by molar-refractivity contribution is 5.85. The van der Waals surface area contributed by atoms with Crippen molar-refractivity contribution in [2.45, 2.75) is 19.8 Å². The summed E-state index contributed by atoms with van der Waals surface area (Å²) in [7, 11) is 0. The van der Waals surface area contributed by atoms with E-state index in [2.05, 4.69) is 30.1 Å². The Morgan fingerprint density at radius 3 is 2.71 bits per heavy atom. The fourth-order valence-corrected chi connectivity index (χ4v) is 3.36. The number of aryl methyl sites for hydroxylation is 1. The lowest BCUT2D eigenvalue weighted by atomic mass is 10.1. The Bertz CT molecular complexity index is 883. The summed E-state index contributed by atoms with van der Waals surface area (Å²) in [4.78, 5) is 17.7. The largest absolute Gasteiger partial charge is 0.415 e. The van der Waals surface area contributed by atoms with E-state index in [0.29, 0.717) is 18.8 Å². The van der Waals surface area contributed by atoms with E-state index in [0.717, 1.165) is 12.8 Å². The van der Waals surface area contributed by atoms with Gasteiger partial charge in [-0.3, -0.25) is 0 Å². The van der Waals surface area contributed by atoms with Crippen LogP contribution in [-0.2, 0) is 12.8 Å². The van der Waals surface area contributed by atoms with Crippen LogP contribution in [-0.4, -0.2) is 29.1 Å². The number of carbonyl (C=O) groups excluding carboxylic acids is 1. The Morgan fingerprint density at radius 1 is 1.08 bits per heavy atom. The molecule has 0 saturated heterocycles. The molecule has 1 aliphatic heterocycles. The number of fused-ring (bicyclic) bond motifs is 3. The summed E-state index contributed by atoms with van der Waals surface area (Å²) >= 11 is 0. The summed E-state index contributed by atoms with van der Waals surface area (Å²) in [6.45, 7) is 3.46. The van der Waals surface area contributed by atoms with Gasteiger partial charge < -0.3 is 14.6 Å². The fourth-order valence-electron chi connectivity index (χ4n) is 3.36. The van der Waals surface area contributed by atoms with Gasteiger partial charge in [0.2, 0.25) is 0 Å². The first-order chi connectivity index (χ1) is 11.7. The zero-order chi connectivity index (χ0) is 16.5. The molecule has 0 radical (unpaired) electrons. The lowest BCUT2D eigenvalue weighted by molar-refractivity contribution is 0.154. The van der Waals surface area contributed by atoms with Crippen LogP contribution < -0.4 is 4.74 Å². The van der Waals surface area contributed by atoms with E-state index >= 15 is 0 Å². The first kappa shape index (κ1) is 14.8. The maximum absolute atomic E-state index is 12.4. The van der Waals surface area contributed by atoms with Gasteiger partial charge in [-0.2, -0.15) is 0 Å². The number of hydrogen-bond donors (Lipinski definition) is 1. The molecule has 0 atom stereocenters. The SMILES string of the molecule is Cc1ccc2[nH]c3c(c2c1)CCN(C(=O)Oc1ccccc1)CC3. The number of aromatic amines is 1. The number of H-pyrrole nitrogens is 1. The van der Waals surface area contributed by atoms with E-state index in [4.69, 9.17) is 4.74 Å². The predicted octanol–water partition coefficient (Wildman–Crippen LogP) is 4.08. The first-order valence-electron chi connectivity index (χ1n) is 8.32. The maximum atomic E-state index is 12.4. The minimum Gasteiger partial charge on any atom is -0.410 e. The fraction of sp³-hybridized carbons (Fsp3) is 0.250. The predicted molar refractivity (Wildman–Crippen MR) is 94.5 cm³/mol. The van der Waals surface area contributed by atoms with Crippen LogP contribution in [0.4, 0.5) is 4.79 Å². The van der Waals surface area contributed by atoms with Gasteiger partial charge in [-0.05, 0) is 43.2 Å². The molecule has 2 heterocycles. The maximum Gasteiger partial charge on any atom is 0.415 e. The molecular formula is C20H20N2O2. The molecular weight excluding hydrogens is 300 g/mol. The Labute approximate surface area is 141 Å². The van der Waals surface area contributed by atoms with Crippen LogP contribution in [0.5, 0.6) is 5.75 Å². The molecule has 4 rings (SSSR count). The van der Waals surface area contributed by atoms with Gasteiger partial charge in [0.1, 0.15) is 5.75 Å². The molecule has 0 aliphatic carbocycles. The van der Waals surface area contributed by atoms with Gasteiger partial charge >= 0.3 is 6.09 Å². The van der Waals surface area contributed by atoms with E-state index < -0.39 is 0 Å². The molecule has 0 bridgehead atoms. The van der Waals surface area contributed by atoms with Gasteiger partial charge in [0.15, 0.2) is 0 Å². The Balaban J connectivity index is 1.52. The Kier molecular flexibility index (Phi) is 3.73. The van der Waals surface area contributed by atoms with Gasteiger partial charge in [-0.1, -0.05) is 29.8 Å². The zero-order valence-electron chi connectivity index (χ0n) is 13.7. The second kappa shape index (κ2) is 6.04. The monoisotopic (exact) mass is 320 g/mol. The quantitative estimate of drug-likeness (QED) is 0.734. The van der Waals surface area contributed by atoms with E-state index in [1.165, 1.54) is 27.7 Å². The van der Waals surface area contributed by atoms with Crippen LogP contribution in [0.15, 0.2) is 48.5 Å². The molecule has 1 amide bonds. The molecule has 24 heavy (non-hydrogen) atoms. The third-order valence-electron chi connectivity index (χ3n) is 4.62. The topological polar surface area (TPSA) is 45.3 Å². The molecule has 1 aliphatic rings. The number of ether oxygens (including phenoxy) is 1. The van der Waals surface area contributed by atoms with Crippen LogP contribution in [0.2, 0.25) is 0 Å². The molecule has 0 saturated carbocycles. The Morgan fingerprint density at radius 2 is 1.88 bits per heavy atom. The molecule has 0 spiro atoms. The van der Waals surface area contributed by atoms with E-state index in [-0.39, 0.29) is 6.09 Å². The molecule has 4 heteroatoms. The van der Waals surface area contributed by atoms with Crippen molar-refractivity contribution in [1.82, 2.24) is 9.88 Å². The van der Waals surface area contributed by atoms with Crippen molar-refractivity contribution >= 4 is 17.0 Å². The number of nitrogens with one attached hydrogen (secondary N) is 1. The third-order valence-corrected chi connectivity index (χ3v) is 4.62. The average molecular weight is 320 g/mol. The lowest BCUT2D eigenvalue weighted by Gasteiger charge is -2.19. The summed E-state index contributed by atoms with van der Waals surface area (Å²) in [5, 5.41) is 1.28. The van der Waals surface area contributed by atoms with Crippen molar-refractivity contribution in [1.29, 1.82) is 0 Å². The standard InChI is InChI=1S/C20H20N2O2/c1-14-7-8-18-17(13-14)16-9-11-22(12-10-19(16)21-18)20(23)24-15-5-3-2-4-6-15/h2-8,13,21H,9-12H2,1H3. The number of hydrogen-bond acceptors (Lipinski definition) is 2. The van der Waals surface area contributed by atoms with E-state index in [9.17, 15) is 4.79 Å². The smallest absolute Gasteiger partial charge is 0.410 e. The number of aromatic nitrogens is 1. The van der Waals surface area contributed by atoms with Crippen molar-refractivity contribution in [2.24, 2.45) is 0 Å². The highest BCUT2D eigenvalue weighted by Gasteiger charge is 2.22. The molecule has 0 fully saturated rings. The van der Waals surface area contributed by atoms with Gasteiger partial charge in [0, 0.05) is 36.1 Å². The molecule has 3 aromatic rings. The molecule has 0 unspecified atom stereocenters. The molecule has 122 valence electrons. The minimum atomic E-state index is -0.271. The van der Waals surface area contributed by atoms with Crippen molar-refractivity contribution < 1.29 is 9.53 Å². The van der Waals surface area contributed by atoms with Crippen LogP contribution in [0.25, 0.3) is 10.9 Å². The van der Waals surface area contributed by atoms with Crippen LogP contribution >= 0.6 is 0 Å². The summed E-state index contributed by atoms with van der Waals surface area (Å²) in [5.41, 5.74) is 5.02. The van der Waals surface area contributed by atoms with Crippen molar-refractivity contribution in [2.75, 3.05) is 13.1 Å².